The van der Waals surface area contributed by atoms with Crippen molar-refractivity contribution in [3.8, 4) is 0 Å². The van der Waals surface area contributed by atoms with Crippen LogP contribution in [0.15, 0.2) is 42.6 Å². The van der Waals surface area contributed by atoms with Crippen LogP contribution in [-0.4, -0.2) is 58.9 Å². The highest BCUT2D eigenvalue weighted by Gasteiger charge is 2.32. The fourth-order valence-electron chi connectivity index (χ4n) is 3.19. The quantitative estimate of drug-likeness (QED) is 0.394. The molecular weight excluding hydrogens is 450 g/mol. The van der Waals surface area contributed by atoms with E-state index in [0.717, 1.165) is 10.5 Å². The van der Waals surface area contributed by atoms with E-state index in [1.165, 1.54) is 0 Å². The molecule has 0 spiro atoms. The van der Waals surface area contributed by atoms with Crippen LogP contribution in [0.4, 0.5) is 15.3 Å². The number of nitrogens with one attached hydrogen (secondary N) is 1. The van der Waals surface area contributed by atoms with Crippen molar-refractivity contribution in [2.75, 3.05) is 24.6 Å². The zero-order valence-corrected chi connectivity index (χ0v) is 21.7. The Morgan fingerprint density at radius 2 is 1.43 bits per heavy atom. The molecule has 2 aromatic rings. The maximum absolute atomic E-state index is 12.9. The van der Waals surface area contributed by atoms with E-state index in [9.17, 15) is 14.4 Å². The van der Waals surface area contributed by atoms with E-state index in [4.69, 9.17) is 14.2 Å². The lowest BCUT2D eigenvalue weighted by Crippen LogP contribution is -2.46. The Hall–Kier alpha value is -3.49. The van der Waals surface area contributed by atoms with Crippen molar-refractivity contribution < 1.29 is 28.6 Å². The van der Waals surface area contributed by atoms with Gasteiger partial charge in [0.1, 0.15) is 16.9 Å². The fraction of sp³-hybridized carbons (Fsp3) is 0.500. The summed E-state index contributed by atoms with van der Waals surface area (Å²) in [7, 11) is 0. The summed E-state index contributed by atoms with van der Waals surface area (Å²) >= 11 is 0. The van der Waals surface area contributed by atoms with Gasteiger partial charge in [0.2, 0.25) is 0 Å². The lowest BCUT2D eigenvalue weighted by Gasteiger charge is -2.31. The first kappa shape index (κ1) is 27.8. The van der Waals surface area contributed by atoms with Crippen molar-refractivity contribution in [1.29, 1.82) is 0 Å². The molecule has 0 aliphatic heterocycles. The summed E-state index contributed by atoms with van der Waals surface area (Å²) in [5.41, 5.74) is 0.298. The molecular formula is C26H37N3O6. The molecule has 0 atom stereocenters. The predicted molar refractivity (Wildman–Crippen MR) is 133 cm³/mol. The Balaban J connectivity index is 2.35. The summed E-state index contributed by atoms with van der Waals surface area (Å²) in [6.45, 7) is 13.0. The minimum absolute atomic E-state index is 0.0237. The molecule has 9 heteroatoms. The number of esters is 1. The van der Waals surface area contributed by atoms with Crippen molar-refractivity contribution >= 4 is 23.8 Å². The van der Waals surface area contributed by atoms with Gasteiger partial charge in [-0.05, 0) is 60.1 Å². The average Bonchev–Trinajstić information content (AvgIpc) is 3.21. The third-order valence-corrected chi connectivity index (χ3v) is 4.58. The highest BCUT2D eigenvalue weighted by atomic mass is 16.6. The first-order valence-electron chi connectivity index (χ1n) is 11.7. The van der Waals surface area contributed by atoms with Gasteiger partial charge < -0.3 is 24.1 Å². The number of imide groups is 1. The number of aromatic nitrogens is 1. The standard InChI is InChI=1S/C26H37N3O6/c1-8-33-22(30)21-20(14-15-27-21)28(18-19-12-10-9-11-13-19)16-17-29(23(31)34-25(2,3)4)24(32)35-26(5,6)7/h9-15,27H,8,16-18H2,1-7H3. The van der Waals surface area contributed by atoms with Gasteiger partial charge in [-0.25, -0.2) is 19.3 Å². The van der Waals surface area contributed by atoms with Crippen LogP contribution in [0.2, 0.25) is 0 Å². The third kappa shape index (κ3) is 8.99. The summed E-state index contributed by atoms with van der Waals surface area (Å²) < 4.78 is 16.1. The van der Waals surface area contributed by atoms with Crippen molar-refractivity contribution in [3.63, 3.8) is 0 Å². The predicted octanol–water partition coefficient (Wildman–Crippen LogP) is 5.37. The van der Waals surface area contributed by atoms with Gasteiger partial charge >= 0.3 is 18.2 Å². The van der Waals surface area contributed by atoms with E-state index in [-0.39, 0.29) is 19.7 Å². The van der Waals surface area contributed by atoms with Gasteiger partial charge in [-0.3, -0.25) is 0 Å². The number of rotatable bonds is 8. The van der Waals surface area contributed by atoms with Crippen LogP contribution in [0.3, 0.4) is 0 Å². The SMILES string of the molecule is CCOC(=O)c1[nH]ccc1N(CCN(C(=O)OC(C)(C)C)C(=O)OC(C)(C)C)Cc1ccccc1. The zero-order valence-electron chi connectivity index (χ0n) is 21.7. The van der Waals surface area contributed by atoms with E-state index in [1.54, 1.807) is 60.7 Å². The molecule has 2 rings (SSSR count). The molecule has 0 aliphatic carbocycles. The Bertz CT molecular complexity index is 961. The van der Waals surface area contributed by atoms with Crippen molar-refractivity contribution in [2.24, 2.45) is 0 Å². The number of nitrogens with zero attached hydrogens (tertiary/aromatic N) is 2. The maximum atomic E-state index is 12.9. The van der Waals surface area contributed by atoms with Crippen LogP contribution in [0.1, 0.15) is 64.5 Å². The molecule has 1 aromatic carbocycles. The molecule has 0 bridgehead atoms. The molecule has 1 heterocycles. The monoisotopic (exact) mass is 487 g/mol. The molecule has 192 valence electrons. The second kappa shape index (κ2) is 11.8. The maximum Gasteiger partial charge on any atom is 0.419 e. The van der Waals surface area contributed by atoms with Crippen LogP contribution in [-0.2, 0) is 20.8 Å². The highest BCUT2D eigenvalue weighted by molar-refractivity contribution is 5.94. The summed E-state index contributed by atoms with van der Waals surface area (Å²) in [5, 5.41) is 0. The Morgan fingerprint density at radius 3 is 1.94 bits per heavy atom. The largest absolute Gasteiger partial charge is 0.461 e. The number of ether oxygens (including phenoxy) is 3. The molecule has 0 radical (unpaired) electrons. The van der Waals surface area contributed by atoms with Crippen molar-refractivity contribution in [1.82, 2.24) is 9.88 Å². The number of hydrogen-bond donors (Lipinski definition) is 1. The Morgan fingerprint density at radius 1 is 0.857 bits per heavy atom. The summed E-state index contributed by atoms with van der Waals surface area (Å²) in [6.07, 6.45) is 0.0520. The van der Waals surface area contributed by atoms with E-state index in [2.05, 4.69) is 4.98 Å². The van der Waals surface area contributed by atoms with Gasteiger partial charge in [0, 0.05) is 19.3 Å². The smallest absolute Gasteiger partial charge is 0.419 e. The summed E-state index contributed by atoms with van der Waals surface area (Å²) in [4.78, 5) is 44.1. The number of carbonyl (C=O) groups is 3. The van der Waals surface area contributed by atoms with Crippen LogP contribution < -0.4 is 4.90 Å². The lowest BCUT2D eigenvalue weighted by atomic mass is 10.2. The molecule has 1 N–H and O–H groups in total. The molecule has 0 fully saturated rings. The number of aromatic amines is 1. The zero-order chi connectivity index (χ0) is 26.2. The number of carbonyl (C=O) groups excluding carboxylic acids is 3. The first-order chi connectivity index (χ1) is 16.3. The van der Waals surface area contributed by atoms with E-state index in [1.807, 2.05) is 35.2 Å². The molecule has 0 aliphatic rings. The van der Waals surface area contributed by atoms with Crippen LogP contribution in [0.25, 0.3) is 0 Å². The van der Waals surface area contributed by atoms with Crippen LogP contribution >= 0.6 is 0 Å². The van der Waals surface area contributed by atoms with Gasteiger partial charge in [-0.1, -0.05) is 30.3 Å². The Labute approximate surface area is 207 Å². The molecule has 1 aromatic heterocycles. The highest BCUT2D eigenvalue weighted by Crippen LogP contribution is 2.23. The second-order valence-corrected chi connectivity index (χ2v) is 9.98. The minimum Gasteiger partial charge on any atom is -0.461 e. The minimum atomic E-state index is -0.800. The Kier molecular flexibility index (Phi) is 9.33. The summed E-state index contributed by atoms with van der Waals surface area (Å²) in [6, 6.07) is 11.4. The topological polar surface area (TPSA) is 101 Å². The molecule has 0 saturated carbocycles. The number of H-pyrrole nitrogens is 1. The molecule has 0 saturated heterocycles. The first-order valence-corrected chi connectivity index (χ1v) is 11.7. The second-order valence-electron chi connectivity index (χ2n) is 9.98. The third-order valence-electron chi connectivity index (χ3n) is 4.58. The molecule has 9 nitrogen and oxygen atoms in total. The molecule has 2 amide bonds. The van der Waals surface area contributed by atoms with Crippen LogP contribution in [0, 0.1) is 0 Å². The van der Waals surface area contributed by atoms with Gasteiger partial charge in [-0.15, -0.1) is 0 Å². The molecule has 0 unspecified atom stereocenters. The average molecular weight is 488 g/mol. The van der Waals surface area contributed by atoms with Crippen molar-refractivity contribution in [2.45, 2.75) is 66.2 Å². The fourth-order valence-corrected chi connectivity index (χ4v) is 3.19. The van der Waals surface area contributed by atoms with Gasteiger partial charge in [0.15, 0.2) is 0 Å². The lowest BCUT2D eigenvalue weighted by molar-refractivity contribution is 0.00194. The van der Waals surface area contributed by atoms with Gasteiger partial charge in [0.25, 0.3) is 0 Å². The van der Waals surface area contributed by atoms with Gasteiger partial charge in [0.05, 0.1) is 18.8 Å². The van der Waals surface area contributed by atoms with E-state index >= 15 is 0 Å². The van der Waals surface area contributed by atoms with Crippen LogP contribution in [0.5, 0.6) is 0 Å². The van der Waals surface area contributed by atoms with Gasteiger partial charge in [-0.2, -0.15) is 0 Å². The number of benzene rings is 1. The molecule has 35 heavy (non-hydrogen) atoms. The van der Waals surface area contributed by atoms with E-state index < -0.39 is 29.4 Å². The van der Waals surface area contributed by atoms with E-state index in [0.29, 0.717) is 17.9 Å². The normalized spacial score (nSPS) is 11.5. The van der Waals surface area contributed by atoms with Crippen molar-refractivity contribution in [3.05, 3.63) is 53.9 Å². The number of hydrogen-bond acceptors (Lipinski definition) is 7. The number of amides is 2. The number of anilines is 1. The summed E-state index contributed by atoms with van der Waals surface area (Å²) in [5.74, 6) is -0.485.